The number of hydrogen-bond donors (Lipinski definition) is 3. The van der Waals surface area contributed by atoms with Gasteiger partial charge in [-0.2, -0.15) is 0 Å². The zero-order chi connectivity index (χ0) is 20.8. The molecule has 0 aliphatic rings. The van der Waals surface area contributed by atoms with Crippen molar-refractivity contribution in [2.75, 3.05) is 17.7 Å². The number of carbonyl (C=O) groups excluding carboxylic acids is 2. The number of methoxy groups -OCH3 is 1. The van der Waals surface area contributed by atoms with Gasteiger partial charge in [0.25, 0.3) is 0 Å². The number of aromatic amines is 1. The Morgan fingerprint density at radius 1 is 1.03 bits per heavy atom. The Labute approximate surface area is 172 Å². The minimum absolute atomic E-state index is 0.146. The Balaban J connectivity index is 1.58. The molecule has 3 N–H and O–H groups in total. The van der Waals surface area contributed by atoms with Gasteiger partial charge in [-0.25, -0.2) is 4.98 Å². The van der Waals surface area contributed by atoms with Crippen LogP contribution in [0.15, 0.2) is 53.7 Å². The number of anilines is 2. The molecule has 150 valence electrons. The fourth-order valence-corrected chi connectivity index (χ4v) is 3.20. The number of hydrogen-bond acceptors (Lipinski definition) is 6. The largest absolute Gasteiger partial charge is 0.497 e. The number of aromatic nitrogens is 3. The van der Waals surface area contributed by atoms with E-state index in [-0.39, 0.29) is 11.8 Å². The van der Waals surface area contributed by atoms with Gasteiger partial charge in [0.15, 0.2) is 5.82 Å². The predicted molar refractivity (Wildman–Crippen MR) is 113 cm³/mol. The van der Waals surface area contributed by atoms with E-state index in [1.165, 1.54) is 18.7 Å². The minimum Gasteiger partial charge on any atom is -0.497 e. The second-order valence-corrected chi connectivity index (χ2v) is 7.51. The number of nitrogens with one attached hydrogen (secondary N) is 3. The van der Waals surface area contributed by atoms with Crippen LogP contribution in [-0.2, 0) is 9.59 Å². The first-order valence-electron chi connectivity index (χ1n) is 8.86. The van der Waals surface area contributed by atoms with Gasteiger partial charge in [0, 0.05) is 23.9 Å². The maximum Gasteiger partial charge on any atom is 0.237 e. The summed E-state index contributed by atoms with van der Waals surface area (Å²) >= 11 is 1.26. The average molecular weight is 411 g/mol. The number of H-pyrrole nitrogens is 1. The normalized spacial score (nSPS) is 11.6. The molecule has 1 heterocycles. The number of thioether (sulfide) groups is 1. The first-order valence-corrected chi connectivity index (χ1v) is 9.74. The van der Waals surface area contributed by atoms with E-state index in [1.54, 1.807) is 38.3 Å². The van der Waals surface area contributed by atoms with Crippen LogP contribution in [0.3, 0.4) is 0 Å². The van der Waals surface area contributed by atoms with Crippen LogP contribution in [0, 0.1) is 0 Å². The number of ether oxygens (including phenoxy) is 1. The van der Waals surface area contributed by atoms with E-state index in [1.807, 2.05) is 24.3 Å². The van der Waals surface area contributed by atoms with Crippen LogP contribution < -0.4 is 15.4 Å². The van der Waals surface area contributed by atoms with Crippen LogP contribution in [0.25, 0.3) is 11.4 Å². The highest BCUT2D eigenvalue weighted by atomic mass is 32.2. The van der Waals surface area contributed by atoms with Gasteiger partial charge >= 0.3 is 0 Å². The molecule has 3 aromatic rings. The first kappa shape index (κ1) is 20.4. The van der Waals surface area contributed by atoms with E-state index in [4.69, 9.17) is 4.74 Å². The van der Waals surface area contributed by atoms with Crippen molar-refractivity contribution in [3.63, 3.8) is 0 Å². The highest BCUT2D eigenvalue weighted by Gasteiger charge is 2.18. The molecule has 2 aromatic carbocycles. The van der Waals surface area contributed by atoms with Crippen LogP contribution in [0.2, 0.25) is 0 Å². The average Bonchev–Trinajstić information content (AvgIpc) is 3.17. The Morgan fingerprint density at radius 3 is 2.24 bits per heavy atom. The minimum atomic E-state index is -0.399. The molecule has 0 fully saturated rings. The summed E-state index contributed by atoms with van der Waals surface area (Å²) in [5, 5.41) is 12.7. The van der Waals surface area contributed by atoms with Gasteiger partial charge in [-0.1, -0.05) is 11.8 Å². The number of rotatable bonds is 7. The quantitative estimate of drug-likeness (QED) is 0.513. The first-order chi connectivity index (χ1) is 13.9. The predicted octanol–water partition coefficient (Wildman–Crippen LogP) is 3.56. The maximum absolute atomic E-state index is 12.4. The molecule has 1 aromatic heterocycles. The van der Waals surface area contributed by atoms with Gasteiger partial charge in [-0.3, -0.25) is 14.7 Å². The Morgan fingerprint density at radius 2 is 1.66 bits per heavy atom. The lowest BCUT2D eigenvalue weighted by Gasteiger charge is -2.10. The number of amides is 2. The van der Waals surface area contributed by atoms with Crippen molar-refractivity contribution in [2.45, 2.75) is 24.3 Å². The zero-order valence-electron chi connectivity index (χ0n) is 16.2. The molecule has 0 saturated carbocycles. The SMILES string of the molecule is COc1ccc(-c2nc(S[C@@H](C)C(=O)Nc3ccc(NC(C)=O)cc3)n[nH]2)cc1. The van der Waals surface area contributed by atoms with Gasteiger partial charge in [0.2, 0.25) is 17.0 Å². The summed E-state index contributed by atoms with van der Waals surface area (Å²) in [6, 6.07) is 14.4. The summed E-state index contributed by atoms with van der Waals surface area (Å²) in [6.07, 6.45) is 0. The topological polar surface area (TPSA) is 109 Å². The van der Waals surface area contributed by atoms with Crippen LogP contribution in [0.1, 0.15) is 13.8 Å². The molecule has 8 nitrogen and oxygen atoms in total. The standard InChI is InChI=1S/C20H21N5O3S/c1-12(19(27)22-16-8-6-15(7-9-16)21-13(2)26)29-20-23-18(24-25-20)14-4-10-17(28-3)11-5-14/h4-12H,1-3H3,(H,21,26)(H,22,27)(H,23,24,25)/t12-/m0/s1. The molecule has 9 heteroatoms. The monoisotopic (exact) mass is 411 g/mol. The Bertz CT molecular complexity index is 986. The van der Waals surface area contributed by atoms with Gasteiger partial charge in [0.05, 0.1) is 12.4 Å². The number of carbonyl (C=O) groups is 2. The molecule has 1 atom stereocenters. The molecule has 0 aliphatic carbocycles. The fourth-order valence-electron chi connectivity index (χ4n) is 2.47. The highest BCUT2D eigenvalue weighted by Crippen LogP contribution is 2.25. The van der Waals surface area contributed by atoms with Crippen molar-refractivity contribution in [1.29, 1.82) is 0 Å². The Hall–Kier alpha value is -3.33. The molecule has 0 unspecified atom stereocenters. The molecule has 29 heavy (non-hydrogen) atoms. The van der Waals surface area contributed by atoms with Gasteiger partial charge < -0.3 is 15.4 Å². The van der Waals surface area contributed by atoms with Crippen LogP contribution in [0.5, 0.6) is 5.75 Å². The molecule has 0 spiro atoms. The number of nitrogens with zero attached hydrogens (tertiary/aromatic N) is 2. The molecule has 0 saturated heterocycles. The molecule has 0 bridgehead atoms. The van der Waals surface area contributed by atoms with E-state index >= 15 is 0 Å². The van der Waals surface area contributed by atoms with Crippen LogP contribution in [0.4, 0.5) is 11.4 Å². The molecule has 3 rings (SSSR count). The van der Waals surface area contributed by atoms with Crippen molar-refractivity contribution < 1.29 is 14.3 Å². The number of benzene rings is 2. The second kappa shape index (κ2) is 9.24. The molecular weight excluding hydrogens is 390 g/mol. The maximum atomic E-state index is 12.4. The fraction of sp³-hybridized carbons (Fsp3) is 0.200. The third kappa shape index (κ3) is 5.58. The summed E-state index contributed by atoms with van der Waals surface area (Å²) in [5.41, 5.74) is 2.19. The highest BCUT2D eigenvalue weighted by molar-refractivity contribution is 8.00. The van der Waals surface area contributed by atoms with Crippen molar-refractivity contribution in [3.05, 3.63) is 48.5 Å². The van der Waals surface area contributed by atoms with E-state index < -0.39 is 5.25 Å². The van der Waals surface area contributed by atoms with E-state index in [2.05, 4.69) is 25.8 Å². The lowest BCUT2D eigenvalue weighted by atomic mass is 10.2. The van der Waals surface area contributed by atoms with Crippen molar-refractivity contribution in [1.82, 2.24) is 15.2 Å². The third-order valence-corrected chi connectivity index (χ3v) is 4.91. The van der Waals surface area contributed by atoms with Crippen molar-refractivity contribution in [2.24, 2.45) is 0 Å². The second-order valence-electron chi connectivity index (χ2n) is 6.20. The summed E-state index contributed by atoms with van der Waals surface area (Å²) in [4.78, 5) is 27.9. The summed E-state index contributed by atoms with van der Waals surface area (Å²) in [6.45, 7) is 3.23. The van der Waals surface area contributed by atoms with Gasteiger partial charge in [0.1, 0.15) is 5.75 Å². The lowest BCUT2D eigenvalue weighted by molar-refractivity contribution is -0.115. The molecule has 0 radical (unpaired) electrons. The van der Waals surface area contributed by atoms with E-state index in [0.29, 0.717) is 22.4 Å². The Kier molecular flexibility index (Phi) is 6.50. The van der Waals surface area contributed by atoms with Gasteiger partial charge in [-0.05, 0) is 55.5 Å². The van der Waals surface area contributed by atoms with Crippen LogP contribution >= 0.6 is 11.8 Å². The molecule has 0 aliphatic heterocycles. The lowest BCUT2D eigenvalue weighted by Crippen LogP contribution is -2.22. The smallest absolute Gasteiger partial charge is 0.237 e. The third-order valence-electron chi connectivity index (χ3n) is 3.95. The van der Waals surface area contributed by atoms with Gasteiger partial charge in [-0.15, -0.1) is 5.10 Å². The van der Waals surface area contributed by atoms with Crippen molar-refractivity contribution in [3.8, 4) is 17.1 Å². The van der Waals surface area contributed by atoms with Crippen molar-refractivity contribution >= 4 is 35.0 Å². The summed E-state index contributed by atoms with van der Waals surface area (Å²) in [5.74, 6) is 1.07. The molecule has 2 amide bonds. The molecular formula is C20H21N5O3S. The zero-order valence-corrected chi connectivity index (χ0v) is 17.0. The van der Waals surface area contributed by atoms with Crippen LogP contribution in [-0.4, -0.2) is 39.4 Å². The summed E-state index contributed by atoms with van der Waals surface area (Å²) in [7, 11) is 1.61. The van der Waals surface area contributed by atoms with E-state index in [0.717, 1.165) is 11.3 Å². The summed E-state index contributed by atoms with van der Waals surface area (Å²) < 4.78 is 5.15. The van der Waals surface area contributed by atoms with E-state index in [9.17, 15) is 9.59 Å².